The second kappa shape index (κ2) is 0.634. The Hall–Kier alpha value is -0.0800. The lowest BCUT2D eigenvalue weighted by Gasteiger charge is -2.12. The molecular formula is C4H8N2. The van der Waals surface area contributed by atoms with Gasteiger partial charge in [0, 0.05) is 12.6 Å². The Morgan fingerprint density at radius 3 is 2.50 bits per heavy atom. The van der Waals surface area contributed by atoms with Gasteiger partial charge >= 0.3 is 0 Å². The second-order valence-corrected chi connectivity index (χ2v) is 2.08. The summed E-state index contributed by atoms with van der Waals surface area (Å²) >= 11 is 0. The van der Waals surface area contributed by atoms with Crippen LogP contribution in [0.4, 0.5) is 0 Å². The van der Waals surface area contributed by atoms with Crippen molar-refractivity contribution in [1.29, 1.82) is 0 Å². The third kappa shape index (κ3) is 0.150. The summed E-state index contributed by atoms with van der Waals surface area (Å²) in [7, 11) is 0. The van der Waals surface area contributed by atoms with Gasteiger partial charge in [0.1, 0.15) is 0 Å². The van der Waals surface area contributed by atoms with Gasteiger partial charge in [-0.05, 0) is 6.92 Å². The Balaban J connectivity index is 2.11. The zero-order valence-corrected chi connectivity index (χ0v) is 3.81. The molecule has 3 unspecified atom stereocenters. The number of hydrazine groups is 1. The Labute approximate surface area is 37.1 Å². The highest BCUT2D eigenvalue weighted by molar-refractivity contribution is 5.04. The first-order valence-electron chi connectivity index (χ1n) is 2.41. The number of rotatable bonds is 0. The number of hydrogen-bond donors (Lipinski definition) is 1. The maximum absolute atomic E-state index is 3.17. The van der Waals surface area contributed by atoms with Crippen molar-refractivity contribution >= 4 is 0 Å². The quantitative estimate of drug-likeness (QED) is 0.401. The number of fused-ring (bicyclic) bond motifs is 1. The van der Waals surface area contributed by atoms with E-state index in [0.29, 0.717) is 0 Å². The standard InChI is InChI=1S/C4H8N2/c1-3-4-2-5-6(3)4/h3-5H,2H2,1H3. The van der Waals surface area contributed by atoms with E-state index < -0.39 is 0 Å². The highest BCUT2D eigenvalue weighted by Gasteiger charge is 2.51. The summed E-state index contributed by atoms with van der Waals surface area (Å²) in [6, 6.07) is 1.77. The summed E-state index contributed by atoms with van der Waals surface area (Å²) in [6.07, 6.45) is 0. The average molecular weight is 84.1 g/mol. The van der Waals surface area contributed by atoms with Gasteiger partial charge < -0.3 is 0 Å². The highest BCUT2D eigenvalue weighted by atomic mass is 15.7. The molecule has 2 rings (SSSR count). The molecule has 0 aromatic rings. The first-order chi connectivity index (χ1) is 2.89. The number of nitrogens with zero attached hydrogens (tertiary/aromatic N) is 1. The summed E-state index contributed by atoms with van der Waals surface area (Å²) in [5.74, 6) is 0. The van der Waals surface area contributed by atoms with Crippen molar-refractivity contribution in [1.82, 2.24) is 10.4 Å². The third-order valence-corrected chi connectivity index (χ3v) is 1.75. The maximum atomic E-state index is 3.17. The summed E-state index contributed by atoms with van der Waals surface area (Å²) in [6.45, 7) is 3.46. The van der Waals surface area contributed by atoms with Gasteiger partial charge in [-0.15, -0.1) is 0 Å². The molecule has 2 saturated heterocycles. The fraction of sp³-hybridized carbons (Fsp3) is 1.00. The Morgan fingerprint density at radius 2 is 2.50 bits per heavy atom. The summed E-state index contributed by atoms with van der Waals surface area (Å²) in [4.78, 5) is 0. The zero-order valence-electron chi connectivity index (χ0n) is 3.81. The summed E-state index contributed by atoms with van der Waals surface area (Å²) in [5, 5.41) is 2.26. The Kier molecular flexibility index (Phi) is 0.316. The molecule has 2 aliphatic heterocycles. The smallest absolute Gasteiger partial charge is 0.0552 e. The number of nitrogens with one attached hydrogen (secondary N) is 1. The SMILES string of the molecule is CC1C2CNN12. The summed E-state index contributed by atoms with van der Waals surface area (Å²) < 4.78 is 0. The molecule has 2 aliphatic rings. The third-order valence-electron chi connectivity index (χ3n) is 1.75. The second-order valence-electron chi connectivity index (χ2n) is 2.08. The van der Waals surface area contributed by atoms with E-state index in [9.17, 15) is 0 Å². The number of hydrogen-bond acceptors (Lipinski definition) is 2. The van der Waals surface area contributed by atoms with Crippen molar-refractivity contribution in [2.45, 2.75) is 19.0 Å². The van der Waals surface area contributed by atoms with Gasteiger partial charge in [0.25, 0.3) is 0 Å². The van der Waals surface area contributed by atoms with Crippen molar-refractivity contribution in [3.63, 3.8) is 0 Å². The Bertz CT molecular complexity index is 64.9. The molecule has 2 heterocycles. The summed E-state index contributed by atoms with van der Waals surface area (Å²) in [5.41, 5.74) is 3.17. The molecular weight excluding hydrogens is 76.1 g/mol. The van der Waals surface area contributed by atoms with Crippen molar-refractivity contribution in [3.8, 4) is 0 Å². The molecule has 2 nitrogen and oxygen atoms in total. The van der Waals surface area contributed by atoms with Crippen LogP contribution in [-0.4, -0.2) is 23.6 Å². The van der Waals surface area contributed by atoms with Crippen LogP contribution in [0.3, 0.4) is 0 Å². The molecule has 0 bridgehead atoms. The fourth-order valence-electron chi connectivity index (χ4n) is 1.03. The molecule has 0 aromatic heterocycles. The molecule has 2 fully saturated rings. The molecule has 0 radical (unpaired) electrons. The first-order valence-corrected chi connectivity index (χ1v) is 2.41. The van der Waals surface area contributed by atoms with Gasteiger partial charge in [-0.1, -0.05) is 0 Å². The van der Waals surface area contributed by atoms with E-state index in [2.05, 4.69) is 17.4 Å². The van der Waals surface area contributed by atoms with Crippen LogP contribution in [0.5, 0.6) is 0 Å². The molecule has 2 heteroatoms. The van der Waals surface area contributed by atoms with E-state index >= 15 is 0 Å². The van der Waals surface area contributed by atoms with Crippen molar-refractivity contribution < 1.29 is 0 Å². The van der Waals surface area contributed by atoms with Crippen molar-refractivity contribution in [2.75, 3.05) is 6.54 Å². The minimum absolute atomic E-state index is 0.852. The van der Waals surface area contributed by atoms with Crippen molar-refractivity contribution in [3.05, 3.63) is 0 Å². The first kappa shape index (κ1) is 2.99. The van der Waals surface area contributed by atoms with Gasteiger partial charge in [0.2, 0.25) is 0 Å². The topological polar surface area (TPSA) is 15.0 Å². The molecule has 0 aliphatic carbocycles. The minimum atomic E-state index is 0.852. The Morgan fingerprint density at radius 1 is 1.83 bits per heavy atom. The maximum Gasteiger partial charge on any atom is 0.0552 e. The molecule has 0 amide bonds. The zero-order chi connectivity index (χ0) is 4.15. The highest BCUT2D eigenvalue weighted by Crippen LogP contribution is 2.30. The van der Waals surface area contributed by atoms with Gasteiger partial charge in [-0.2, -0.15) is 0 Å². The fourth-order valence-corrected chi connectivity index (χ4v) is 1.03. The largest absolute Gasteiger partial charge is 0.253 e. The van der Waals surface area contributed by atoms with Crippen molar-refractivity contribution in [2.24, 2.45) is 0 Å². The van der Waals surface area contributed by atoms with Gasteiger partial charge in [-0.25, -0.2) is 5.01 Å². The molecule has 1 N–H and O–H groups in total. The molecule has 34 valence electrons. The molecule has 0 aromatic carbocycles. The average Bonchev–Trinajstić information content (AvgIpc) is 1.63. The van der Waals surface area contributed by atoms with Crippen LogP contribution in [0, 0.1) is 0 Å². The van der Waals surface area contributed by atoms with Gasteiger partial charge in [0.15, 0.2) is 0 Å². The lowest BCUT2D eigenvalue weighted by molar-refractivity contribution is 0.269. The lowest BCUT2D eigenvalue weighted by Crippen LogP contribution is -2.38. The minimum Gasteiger partial charge on any atom is -0.253 e. The predicted octanol–water partition coefficient (Wildman–Crippen LogP) is -0.423. The van der Waals surface area contributed by atoms with Crippen LogP contribution in [0.15, 0.2) is 0 Å². The lowest BCUT2D eigenvalue weighted by atomic mass is 10.3. The van der Waals surface area contributed by atoms with E-state index in [1.807, 2.05) is 0 Å². The van der Waals surface area contributed by atoms with E-state index in [1.165, 1.54) is 6.54 Å². The normalized spacial score (nSPS) is 62.5. The van der Waals surface area contributed by atoms with Gasteiger partial charge in [0.05, 0.1) is 6.04 Å². The van der Waals surface area contributed by atoms with E-state index in [0.717, 1.165) is 12.1 Å². The van der Waals surface area contributed by atoms with E-state index in [-0.39, 0.29) is 0 Å². The van der Waals surface area contributed by atoms with Crippen LogP contribution in [0.1, 0.15) is 6.92 Å². The van der Waals surface area contributed by atoms with Crippen LogP contribution >= 0.6 is 0 Å². The molecule has 0 spiro atoms. The van der Waals surface area contributed by atoms with Crippen LogP contribution in [0.25, 0.3) is 0 Å². The van der Waals surface area contributed by atoms with Crippen LogP contribution < -0.4 is 5.43 Å². The monoisotopic (exact) mass is 84.1 g/mol. The van der Waals surface area contributed by atoms with E-state index in [1.54, 1.807) is 0 Å². The molecule has 6 heavy (non-hydrogen) atoms. The van der Waals surface area contributed by atoms with Crippen LogP contribution in [-0.2, 0) is 0 Å². The van der Waals surface area contributed by atoms with E-state index in [4.69, 9.17) is 0 Å². The van der Waals surface area contributed by atoms with Crippen LogP contribution in [0.2, 0.25) is 0 Å². The predicted molar refractivity (Wildman–Crippen MR) is 23.1 cm³/mol. The van der Waals surface area contributed by atoms with Gasteiger partial charge in [-0.3, -0.25) is 5.43 Å². The molecule has 0 saturated carbocycles. The molecule has 3 atom stereocenters.